The highest BCUT2D eigenvalue weighted by Crippen LogP contribution is 2.36. The van der Waals surface area contributed by atoms with Crippen molar-refractivity contribution in [1.29, 1.82) is 0 Å². The van der Waals surface area contributed by atoms with Gasteiger partial charge < -0.3 is 19.3 Å². The summed E-state index contributed by atoms with van der Waals surface area (Å²) >= 11 is 0. The van der Waals surface area contributed by atoms with Gasteiger partial charge in [-0.3, -0.25) is 4.79 Å². The van der Waals surface area contributed by atoms with Gasteiger partial charge >= 0.3 is 5.97 Å². The average Bonchev–Trinajstić information content (AvgIpc) is 2.60. The Morgan fingerprint density at radius 2 is 1.71 bits per heavy atom. The maximum absolute atomic E-state index is 11.9. The van der Waals surface area contributed by atoms with Crippen molar-refractivity contribution in [3.05, 3.63) is 53.6 Å². The Kier molecular flexibility index (Phi) is 6.07. The number of ether oxygens (including phenoxy) is 3. The summed E-state index contributed by atoms with van der Waals surface area (Å²) in [6.07, 6.45) is 0.280. The molecule has 0 aromatic heterocycles. The molecule has 1 atom stereocenters. The van der Waals surface area contributed by atoms with Gasteiger partial charge in [0, 0.05) is 5.56 Å². The third-order valence-electron chi connectivity index (χ3n) is 3.81. The molecular weight excluding hydrogens is 308 g/mol. The molecule has 0 bridgehead atoms. The number of hydrogen-bond donors (Lipinski definition) is 1. The van der Waals surface area contributed by atoms with E-state index in [1.54, 1.807) is 25.3 Å². The normalized spacial score (nSPS) is 11.6. The van der Waals surface area contributed by atoms with Gasteiger partial charge in [0.25, 0.3) is 0 Å². The molecule has 0 fully saturated rings. The fraction of sp³-hybridized carbons (Fsp3) is 0.316. The molecule has 5 nitrogen and oxygen atoms in total. The van der Waals surface area contributed by atoms with Crippen LogP contribution in [0.25, 0.3) is 0 Å². The summed E-state index contributed by atoms with van der Waals surface area (Å²) in [6, 6.07) is 12.7. The van der Waals surface area contributed by atoms with Crippen molar-refractivity contribution in [3.63, 3.8) is 0 Å². The van der Waals surface area contributed by atoms with Crippen LogP contribution < -0.4 is 14.2 Å². The number of para-hydroxylation sites is 2. The van der Waals surface area contributed by atoms with E-state index in [2.05, 4.69) is 0 Å². The van der Waals surface area contributed by atoms with Crippen LogP contribution in [0.2, 0.25) is 0 Å². The van der Waals surface area contributed by atoms with E-state index < -0.39 is 11.9 Å². The zero-order valence-electron chi connectivity index (χ0n) is 14.1. The molecule has 2 aromatic rings. The molecule has 0 saturated heterocycles. The first kappa shape index (κ1) is 17.7. The van der Waals surface area contributed by atoms with E-state index >= 15 is 0 Å². The molecule has 2 aromatic carbocycles. The average molecular weight is 330 g/mol. The molecule has 0 aliphatic carbocycles. The van der Waals surface area contributed by atoms with Crippen LogP contribution in [0.15, 0.2) is 42.5 Å². The Hall–Kier alpha value is -2.69. The van der Waals surface area contributed by atoms with Gasteiger partial charge in [-0.2, -0.15) is 0 Å². The van der Waals surface area contributed by atoms with Crippen LogP contribution in [0.3, 0.4) is 0 Å². The van der Waals surface area contributed by atoms with Crippen molar-refractivity contribution >= 4 is 5.97 Å². The van der Waals surface area contributed by atoms with Gasteiger partial charge in [-0.25, -0.2) is 0 Å². The molecule has 0 aliphatic heterocycles. The van der Waals surface area contributed by atoms with Crippen molar-refractivity contribution < 1.29 is 24.1 Å². The van der Waals surface area contributed by atoms with Crippen LogP contribution in [-0.2, 0) is 11.2 Å². The SMILES string of the molecule is CCOc1c(CC(C(=O)O)c2ccccc2OC)cccc1OC. The largest absolute Gasteiger partial charge is 0.496 e. The standard InChI is InChI=1S/C19H22O5/c1-4-24-18-13(8-7-11-17(18)23-3)12-15(19(20)21)14-9-5-6-10-16(14)22-2/h5-11,15H,4,12H2,1-3H3,(H,20,21). The third-order valence-corrected chi connectivity index (χ3v) is 3.81. The maximum atomic E-state index is 11.9. The maximum Gasteiger partial charge on any atom is 0.311 e. The summed E-state index contributed by atoms with van der Waals surface area (Å²) in [5.74, 6) is 0.0881. The van der Waals surface area contributed by atoms with Crippen LogP contribution in [0.4, 0.5) is 0 Å². The number of carboxylic acids is 1. The van der Waals surface area contributed by atoms with Crippen molar-refractivity contribution in [1.82, 2.24) is 0 Å². The van der Waals surface area contributed by atoms with Gasteiger partial charge in [0.15, 0.2) is 11.5 Å². The van der Waals surface area contributed by atoms with E-state index in [0.717, 1.165) is 5.56 Å². The monoisotopic (exact) mass is 330 g/mol. The molecule has 128 valence electrons. The van der Waals surface area contributed by atoms with E-state index in [1.807, 2.05) is 31.2 Å². The van der Waals surface area contributed by atoms with E-state index in [4.69, 9.17) is 14.2 Å². The minimum Gasteiger partial charge on any atom is -0.496 e. The second-order valence-electron chi connectivity index (χ2n) is 5.22. The van der Waals surface area contributed by atoms with Crippen LogP contribution in [0, 0.1) is 0 Å². The Balaban J connectivity index is 2.44. The molecule has 0 saturated carbocycles. The number of hydrogen-bond acceptors (Lipinski definition) is 4. The molecule has 0 aliphatic rings. The number of carboxylic acid groups (broad SMARTS) is 1. The summed E-state index contributed by atoms with van der Waals surface area (Å²) in [6.45, 7) is 2.35. The van der Waals surface area contributed by atoms with E-state index in [9.17, 15) is 9.90 Å². The first-order valence-electron chi connectivity index (χ1n) is 7.76. The predicted molar refractivity (Wildman–Crippen MR) is 91.2 cm³/mol. The molecule has 0 heterocycles. The van der Waals surface area contributed by atoms with Gasteiger partial charge in [0.2, 0.25) is 0 Å². The molecule has 1 N–H and O–H groups in total. The second-order valence-corrected chi connectivity index (χ2v) is 5.22. The third kappa shape index (κ3) is 3.79. The Bertz CT molecular complexity index is 696. The highest BCUT2D eigenvalue weighted by Gasteiger charge is 2.25. The van der Waals surface area contributed by atoms with Crippen LogP contribution >= 0.6 is 0 Å². The lowest BCUT2D eigenvalue weighted by Crippen LogP contribution is -2.16. The molecule has 1 unspecified atom stereocenters. The summed E-state index contributed by atoms with van der Waals surface area (Å²) < 4.78 is 16.3. The number of aliphatic carboxylic acids is 1. The molecule has 0 radical (unpaired) electrons. The lowest BCUT2D eigenvalue weighted by atomic mass is 9.91. The Morgan fingerprint density at radius 1 is 1.04 bits per heavy atom. The van der Waals surface area contributed by atoms with Gasteiger partial charge in [-0.1, -0.05) is 30.3 Å². The molecule has 0 amide bonds. The first-order chi connectivity index (χ1) is 11.6. The molecular formula is C19H22O5. The molecule has 5 heteroatoms. The quantitative estimate of drug-likeness (QED) is 0.802. The minimum absolute atomic E-state index is 0.280. The fourth-order valence-corrected chi connectivity index (χ4v) is 2.70. The van der Waals surface area contributed by atoms with E-state index in [-0.39, 0.29) is 6.42 Å². The lowest BCUT2D eigenvalue weighted by Gasteiger charge is -2.19. The van der Waals surface area contributed by atoms with Crippen molar-refractivity contribution in [3.8, 4) is 17.2 Å². The molecule has 2 rings (SSSR count). The second kappa shape index (κ2) is 8.24. The predicted octanol–water partition coefficient (Wildman–Crippen LogP) is 3.51. The Labute approximate surface area is 141 Å². The number of benzene rings is 2. The lowest BCUT2D eigenvalue weighted by molar-refractivity contribution is -0.138. The highest BCUT2D eigenvalue weighted by molar-refractivity contribution is 5.78. The van der Waals surface area contributed by atoms with Gasteiger partial charge in [0.1, 0.15) is 5.75 Å². The summed E-state index contributed by atoms with van der Waals surface area (Å²) in [5, 5.41) is 9.73. The van der Waals surface area contributed by atoms with Gasteiger partial charge in [0.05, 0.1) is 26.7 Å². The zero-order chi connectivity index (χ0) is 17.5. The fourth-order valence-electron chi connectivity index (χ4n) is 2.70. The topological polar surface area (TPSA) is 65.0 Å². The Morgan fingerprint density at radius 3 is 2.33 bits per heavy atom. The van der Waals surface area contributed by atoms with Crippen molar-refractivity contribution in [2.24, 2.45) is 0 Å². The van der Waals surface area contributed by atoms with Crippen LogP contribution in [0.5, 0.6) is 17.2 Å². The molecule has 24 heavy (non-hydrogen) atoms. The van der Waals surface area contributed by atoms with Gasteiger partial charge in [-0.15, -0.1) is 0 Å². The van der Waals surface area contributed by atoms with E-state index in [1.165, 1.54) is 7.11 Å². The summed E-state index contributed by atoms with van der Waals surface area (Å²) in [4.78, 5) is 11.9. The van der Waals surface area contributed by atoms with Gasteiger partial charge in [-0.05, 0) is 31.0 Å². The smallest absolute Gasteiger partial charge is 0.311 e. The zero-order valence-corrected chi connectivity index (χ0v) is 14.1. The number of carbonyl (C=O) groups is 1. The van der Waals surface area contributed by atoms with Crippen LogP contribution in [-0.4, -0.2) is 31.9 Å². The van der Waals surface area contributed by atoms with Crippen molar-refractivity contribution in [2.75, 3.05) is 20.8 Å². The van der Waals surface area contributed by atoms with E-state index in [0.29, 0.717) is 29.4 Å². The summed E-state index contributed by atoms with van der Waals surface area (Å²) in [7, 11) is 3.10. The number of rotatable bonds is 8. The molecule has 0 spiro atoms. The minimum atomic E-state index is -0.912. The highest BCUT2D eigenvalue weighted by atomic mass is 16.5. The van der Waals surface area contributed by atoms with Crippen molar-refractivity contribution in [2.45, 2.75) is 19.3 Å². The summed E-state index contributed by atoms with van der Waals surface area (Å²) in [5.41, 5.74) is 1.42. The van der Waals surface area contributed by atoms with Crippen LogP contribution in [0.1, 0.15) is 24.0 Å². The number of methoxy groups -OCH3 is 2. The first-order valence-corrected chi connectivity index (χ1v) is 7.76.